The molecule has 1 unspecified atom stereocenters. The van der Waals surface area contributed by atoms with Crippen LogP contribution in [0.15, 0.2) is 54.9 Å². The lowest BCUT2D eigenvalue weighted by molar-refractivity contribution is 0.0996. The van der Waals surface area contributed by atoms with Gasteiger partial charge in [-0.05, 0) is 43.3 Å². The number of hydrogen-bond acceptors (Lipinski definition) is 5. The summed E-state index contributed by atoms with van der Waals surface area (Å²) in [5.74, 6) is -1.77. The highest BCUT2D eigenvalue weighted by molar-refractivity contribution is 5.93. The summed E-state index contributed by atoms with van der Waals surface area (Å²) in [6, 6.07) is 9.86. The minimum atomic E-state index is -0.907. The fourth-order valence-electron chi connectivity index (χ4n) is 3.19. The van der Waals surface area contributed by atoms with Crippen LogP contribution in [0.5, 0.6) is 5.75 Å². The second-order valence-corrected chi connectivity index (χ2v) is 6.67. The number of pyridine rings is 1. The molecule has 4 rings (SSSR count). The van der Waals surface area contributed by atoms with E-state index in [9.17, 15) is 13.6 Å². The number of hydrogen-bond donors (Lipinski definition) is 2. The number of nitrogens with two attached hydrogens (primary N) is 2. The number of primary amides is 1. The Kier molecular flexibility index (Phi) is 4.78. The van der Waals surface area contributed by atoms with Gasteiger partial charge < -0.3 is 16.2 Å². The predicted molar refractivity (Wildman–Crippen MR) is 107 cm³/mol. The van der Waals surface area contributed by atoms with Gasteiger partial charge in [0.2, 0.25) is 0 Å². The van der Waals surface area contributed by atoms with E-state index in [0.29, 0.717) is 22.2 Å². The van der Waals surface area contributed by atoms with Crippen LogP contribution in [0.25, 0.3) is 16.6 Å². The Balaban J connectivity index is 1.78. The molecule has 0 bridgehead atoms. The molecular weight excluding hydrogens is 392 g/mol. The first-order valence-corrected chi connectivity index (χ1v) is 8.99. The van der Waals surface area contributed by atoms with Crippen molar-refractivity contribution in [2.75, 3.05) is 5.73 Å². The number of nitrogen functional groups attached to an aromatic ring is 1. The van der Waals surface area contributed by atoms with E-state index in [1.165, 1.54) is 41.2 Å². The summed E-state index contributed by atoms with van der Waals surface area (Å²) in [6.45, 7) is 1.69. The summed E-state index contributed by atoms with van der Waals surface area (Å²) < 4.78 is 35.4. The fourth-order valence-corrected chi connectivity index (χ4v) is 3.19. The predicted octanol–water partition coefficient (Wildman–Crippen LogP) is 3.52. The van der Waals surface area contributed by atoms with Crippen molar-refractivity contribution in [1.29, 1.82) is 0 Å². The van der Waals surface area contributed by atoms with Crippen LogP contribution in [0, 0.1) is 11.6 Å². The Morgan fingerprint density at radius 1 is 1.20 bits per heavy atom. The van der Waals surface area contributed by atoms with Crippen molar-refractivity contribution >= 4 is 22.6 Å². The lowest BCUT2D eigenvalue weighted by Crippen LogP contribution is -2.17. The van der Waals surface area contributed by atoms with Crippen molar-refractivity contribution in [3.05, 3.63) is 77.6 Å². The van der Waals surface area contributed by atoms with Crippen LogP contribution in [0.2, 0.25) is 0 Å². The molecule has 0 aliphatic rings. The third-order valence-electron chi connectivity index (χ3n) is 4.64. The van der Waals surface area contributed by atoms with E-state index >= 15 is 0 Å². The molecule has 1 atom stereocenters. The Morgan fingerprint density at radius 3 is 2.70 bits per heavy atom. The van der Waals surface area contributed by atoms with Gasteiger partial charge in [-0.3, -0.25) is 4.79 Å². The molecule has 4 aromatic rings. The first-order chi connectivity index (χ1) is 14.3. The van der Waals surface area contributed by atoms with Crippen LogP contribution < -0.4 is 16.2 Å². The molecule has 30 heavy (non-hydrogen) atoms. The van der Waals surface area contributed by atoms with E-state index < -0.39 is 23.6 Å². The molecule has 0 radical (unpaired) electrons. The van der Waals surface area contributed by atoms with E-state index in [1.54, 1.807) is 25.3 Å². The standard InChI is InChI=1S/C21H17F2N5O2/c1-11(30-19-8-12-7-13(22)3-4-17(12)27-20(19)24)14-9-15(21(25)29)16(23)10-18(14)28-6-2-5-26-28/h2-11H,1H3,(H2,24,27)(H2,25,29). The number of carbonyl (C=O) groups excluding carboxylic acids is 1. The molecule has 0 fully saturated rings. The largest absolute Gasteiger partial charge is 0.482 e. The zero-order valence-electron chi connectivity index (χ0n) is 15.8. The van der Waals surface area contributed by atoms with Gasteiger partial charge in [0.15, 0.2) is 11.6 Å². The third kappa shape index (κ3) is 3.52. The van der Waals surface area contributed by atoms with Crippen LogP contribution >= 0.6 is 0 Å². The molecule has 0 aliphatic carbocycles. The molecular formula is C21H17F2N5O2. The first-order valence-electron chi connectivity index (χ1n) is 8.99. The van der Waals surface area contributed by atoms with E-state index in [4.69, 9.17) is 16.2 Å². The van der Waals surface area contributed by atoms with E-state index in [0.717, 1.165) is 0 Å². The van der Waals surface area contributed by atoms with Crippen molar-refractivity contribution in [3.63, 3.8) is 0 Å². The summed E-state index contributed by atoms with van der Waals surface area (Å²) in [4.78, 5) is 15.9. The Labute approximate surface area is 169 Å². The molecule has 0 aliphatic heterocycles. The molecule has 1 amide bonds. The third-order valence-corrected chi connectivity index (χ3v) is 4.64. The second-order valence-electron chi connectivity index (χ2n) is 6.67. The number of rotatable bonds is 5. The lowest BCUT2D eigenvalue weighted by atomic mass is 10.0. The molecule has 2 aromatic carbocycles. The first kappa shape index (κ1) is 19.3. The molecule has 0 spiro atoms. The number of anilines is 1. The van der Waals surface area contributed by atoms with Crippen molar-refractivity contribution in [2.24, 2.45) is 5.73 Å². The van der Waals surface area contributed by atoms with Gasteiger partial charge >= 0.3 is 0 Å². The van der Waals surface area contributed by atoms with E-state index in [2.05, 4.69) is 10.1 Å². The number of halogens is 2. The number of benzene rings is 2. The molecule has 7 nitrogen and oxygen atoms in total. The van der Waals surface area contributed by atoms with Crippen LogP contribution in [0.3, 0.4) is 0 Å². The summed E-state index contributed by atoms with van der Waals surface area (Å²) in [5.41, 5.74) is 12.4. The van der Waals surface area contributed by atoms with Crippen molar-refractivity contribution in [3.8, 4) is 11.4 Å². The smallest absolute Gasteiger partial charge is 0.251 e. The quantitative estimate of drug-likeness (QED) is 0.524. The van der Waals surface area contributed by atoms with Crippen LogP contribution in [-0.4, -0.2) is 20.7 Å². The highest BCUT2D eigenvalue weighted by atomic mass is 19.1. The lowest BCUT2D eigenvalue weighted by Gasteiger charge is -2.20. The number of amides is 1. The minimum Gasteiger partial charge on any atom is -0.482 e. The number of nitrogens with zero attached hydrogens (tertiary/aromatic N) is 3. The zero-order valence-corrected chi connectivity index (χ0v) is 15.8. The molecule has 2 aromatic heterocycles. The van der Waals surface area contributed by atoms with Gasteiger partial charge in [-0.1, -0.05) is 0 Å². The van der Waals surface area contributed by atoms with Gasteiger partial charge in [0, 0.05) is 29.4 Å². The Bertz CT molecular complexity index is 1260. The maximum Gasteiger partial charge on any atom is 0.251 e. The maximum atomic E-state index is 14.4. The maximum absolute atomic E-state index is 14.4. The summed E-state index contributed by atoms with van der Waals surface area (Å²) >= 11 is 0. The summed E-state index contributed by atoms with van der Waals surface area (Å²) in [7, 11) is 0. The Hall–Kier alpha value is -4.01. The average molecular weight is 409 g/mol. The molecule has 4 N–H and O–H groups in total. The molecule has 2 heterocycles. The van der Waals surface area contributed by atoms with Gasteiger partial charge in [-0.15, -0.1) is 0 Å². The van der Waals surface area contributed by atoms with Crippen LogP contribution in [-0.2, 0) is 0 Å². The normalized spacial score (nSPS) is 12.1. The molecule has 0 saturated carbocycles. The number of ether oxygens (including phenoxy) is 1. The number of carbonyl (C=O) groups is 1. The SMILES string of the molecule is CC(Oc1cc2cc(F)ccc2nc1N)c1cc(C(N)=O)c(F)cc1-n1cccn1. The van der Waals surface area contributed by atoms with Gasteiger partial charge in [0.05, 0.1) is 16.8 Å². The summed E-state index contributed by atoms with van der Waals surface area (Å²) in [6.07, 6.45) is 2.47. The molecule has 9 heteroatoms. The Morgan fingerprint density at radius 2 is 2.00 bits per heavy atom. The van der Waals surface area contributed by atoms with Crippen LogP contribution in [0.4, 0.5) is 14.6 Å². The van der Waals surface area contributed by atoms with Gasteiger partial charge in [-0.2, -0.15) is 5.10 Å². The number of fused-ring (bicyclic) bond motifs is 1. The van der Waals surface area contributed by atoms with Crippen molar-refractivity contribution < 1.29 is 18.3 Å². The second kappa shape index (κ2) is 7.43. The minimum absolute atomic E-state index is 0.110. The van der Waals surface area contributed by atoms with Gasteiger partial charge in [0.25, 0.3) is 5.91 Å². The summed E-state index contributed by atoms with van der Waals surface area (Å²) in [5, 5.41) is 4.63. The van der Waals surface area contributed by atoms with Crippen molar-refractivity contribution in [2.45, 2.75) is 13.0 Å². The molecule has 152 valence electrons. The average Bonchev–Trinajstić information content (AvgIpc) is 3.23. The van der Waals surface area contributed by atoms with Gasteiger partial charge in [-0.25, -0.2) is 18.4 Å². The topological polar surface area (TPSA) is 109 Å². The van der Waals surface area contributed by atoms with Crippen molar-refractivity contribution in [1.82, 2.24) is 14.8 Å². The van der Waals surface area contributed by atoms with E-state index in [-0.39, 0.29) is 17.1 Å². The highest BCUT2D eigenvalue weighted by Gasteiger charge is 2.21. The zero-order chi connectivity index (χ0) is 21.4. The molecule has 0 saturated heterocycles. The monoisotopic (exact) mass is 409 g/mol. The van der Waals surface area contributed by atoms with Gasteiger partial charge in [0.1, 0.15) is 17.7 Å². The number of aromatic nitrogens is 3. The van der Waals surface area contributed by atoms with Crippen LogP contribution in [0.1, 0.15) is 28.9 Å². The van der Waals surface area contributed by atoms with E-state index in [1.807, 2.05) is 0 Å². The fraction of sp³-hybridized carbons (Fsp3) is 0.0952. The highest BCUT2D eigenvalue weighted by Crippen LogP contribution is 2.32.